The largest absolute Gasteiger partial charge is 0.459 e. The molecule has 2 saturated heterocycles. The Labute approximate surface area is 238 Å². The first kappa shape index (κ1) is 30.0. The van der Waals surface area contributed by atoms with Crippen molar-refractivity contribution in [3.05, 3.63) is 76.6 Å². The molecule has 2 aromatic rings. The molecule has 2 fully saturated rings. The lowest BCUT2D eigenvalue weighted by Crippen LogP contribution is -2.58. The topological polar surface area (TPSA) is 207 Å². The highest BCUT2D eigenvalue weighted by Gasteiger charge is 2.70. The zero-order valence-corrected chi connectivity index (χ0v) is 23.0. The van der Waals surface area contributed by atoms with Crippen LogP contribution in [0.15, 0.2) is 49.6 Å². The van der Waals surface area contributed by atoms with Crippen LogP contribution in [0.25, 0.3) is 0 Å². The number of ether oxygens (including phenoxy) is 3. The standard InChI is InChI=1S/C25H25N5O11S/c1-4-10-39-22(32)19-20(23(33)40-11-5-2)28(27-26-19)14-25(3)21(29-17(31)12-18(29)42(25,37)38)24(34)41-13-15-6-8-16(9-7-15)30(35)36/h4-9,18,21H,1-2,10-14H2,3H3/t18-,21-,25-/m0/s1. The molecule has 0 bridgehead atoms. The van der Waals surface area contributed by atoms with E-state index in [0.717, 1.165) is 9.58 Å². The number of fused-ring (bicyclic) bond motifs is 1. The van der Waals surface area contributed by atoms with Crippen molar-refractivity contribution in [1.82, 2.24) is 19.9 Å². The fraction of sp³-hybridized carbons (Fsp3) is 0.360. The van der Waals surface area contributed by atoms with Gasteiger partial charge in [0.1, 0.15) is 29.9 Å². The lowest BCUT2D eigenvalue weighted by molar-refractivity contribution is -0.384. The molecule has 1 aromatic carbocycles. The molecule has 4 rings (SSSR count). The average molecular weight is 604 g/mol. The normalized spacial score (nSPS) is 21.9. The van der Waals surface area contributed by atoms with Crippen molar-refractivity contribution < 1.29 is 46.7 Å². The van der Waals surface area contributed by atoms with Crippen LogP contribution in [0.3, 0.4) is 0 Å². The fourth-order valence-electron chi connectivity index (χ4n) is 4.68. The Bertz CT molecular complexity index is 1580. The third-order valence-electron chi connectivity index (χ3n) is 6.81. The number of nitro groups is 1. The predicted molar refractivity (Wildman–Crippen MR) is 140 cm³/mol. The molecule has 2 aliphatic heterocycles. The van der Waals surface area contributed by atoms with Crippen molar-refractivity contribution >= 4 is 39.3 Å². The van der Waals surface area contributed by atoms with Gasteiger partial charge in [-0.15, -0.1) is 5.10 Å². The molecule has 1 amide bonds. The minimum absolute atomic E-state index is 0.184. The number of benzene rings is 1. The van der Waals surface area contributed by atoms with Gasteiger partial charge in [-0.1, -0.05) is 30.5 Å². The van der Waals surface area contributed by atoms with Crippen molar-refractivity contribution in [2.75, 3.05) is 13.2 Å². The van der Waals surface area contributed by atoms with Gasteiger partial charge in [-0.25, -0.2) is 27.5 Å². The Hall–Kier alpha value is -4.93. The molecule has 0 spiro atoms. The Morgan fingerprint density at radius 3 is 2.31 bits per heavy atom. The Morgan fingerprint density at radius 2 is 1.74 bits per heavy atom. The quantitative estimate of drug-likeness (QED) is 0.0819. The molecule has 0 radical (unpaired) electrons. The number of aromatic nitrogens is 3. The highest BCUT2D eigenvalue weighted by Crippen LogP contribution is 2.47. The second-order valence-electron chi connectivity index (χ2n) is 9.47. The van der Waals surface area contributed by atoms with E-state index < -0.39 is 72.7 Å². The van der Waals surface area contributed by atoms with Crippen molar-refractivity contribution in [3.8, 4) is 0 Å². The molecule has 0 unspecified atom stereocenters. The molecule has 1 aromatic heterocycles. The smallest absolute Gasteiger partial charge is 0.361 e. The minimum atomic E-state index is -4.29. The van der Waals surface area contributed by atoms with Gasteiger partial charge in [0.2, 0.25) is 11.6 Å². The highest BCUT2D eigenvalue weighted by atomic mass is 32.2. The third kappa shape index (κ3) is 5.13. The molecule has 0 N–H and O–H groups in total. The van der Waals surface area contributed by atoms with Crippen LogP contribution in [0.1, 0.15) is 39.9 Å². The molecular formula is C25H25N5O11S. The number of nitrogens with zero attached hydrogens (tertiary/aromatic N) is 5. The van der Waals surface area contributed by atoms with Crippen molar-refractivity contribution in [2.24, 2.45) is 0 Å². The summed E-state index contributed by atoms with van der Waals surface area (Å²) in [5.74, 6) is -3.84. The Kier molecular flexibility index (Phi) is 8.24. The first-order chi connectivity index (χ1) is 19.9. The second kappa shape index (κ2) is 11.5. The van der Waals surface area contributed by atoms with Crippen LogP contribution in [0.5, 0.6) is 0 Å². The zero-order chi connectivity index (χ0) is 30.8. The van der Waals surface area contributed by atoms with Gasteiger partial charge >= 0.3 is 17.9 Å². The third-order valence-corrected chi connectivity index (χ3v) is 9.58. The molecule has 17 heteroatoms. The first-order valence-corrected chi connectivity index (χ1v) is 13.9. The van der Waals surface area contributed by atoms with Crippen LogP contribution in [-0.4, -0.2) is 86.4 Å². The van der Waals surface area contributed by atoms with Crippen molar-refractivity contribution in [1.29, 1.82) is 0 Å². The number of hydrogen-bond donors (Lipinski definition) is 0. The van der Waals surface area contributed by atoms with E-state index in [1.54, 1.807) is 0 Å². The summed E-state index contributed by atoms with van der Waals surface area (Å²) in [6.07, 6.45) is 2.17. The average Bonchev–Trinajstić information content (AvgIpc) is 3.42. The molecule has 16 nitrogen and oxygen atoms in total. The summed E-state index contributed by atoms with van der Waals surface area (Å²) in [7, 11) is -4.29. The number of amides is 1. The number of nitro benzene ring substituents is 1. The van der Waals surface area contributed by atoms with Crippen LogP contribution in [-0.2, 0) is 46.8 Å². The predicted octanol–water partition coefficient (Wildman–Crippen LogP) is 0.729. The highest BCUT2D eigenvalue weighted by molar-refractivity contribution is 7.93. The van der Waals surface area contributed by atoms with Crippen molar-refractivity contribution in [3.63, 3.8) is 0 Å². The summed E-state index contributed by atoms with van der Waals surface area (Å²) in [6.45, 7) is 6.51. The summed E-state index contributed by atoms with van der Waals surface area (Å²) in [6, 6.07) is 3.47. The number of carbonyl (C=O) groups is 4. The van der Waals surface area contributed by atoms with Gasteiger partial charge in [-0.05, 0) is 24.6 Å². The monoisotopic (exact) mass is 603 g/mol. The van der Waals surface area contributed by atoms with Gasteiger partial charge in [-0.3, -0.25) is 14.9 Å². The van der Waals surface area contributed by atoms with Crippen molar-refractivity contribution in [2.45, 2.75) is 42.7 Å². The van der Waals surface area contributed by atoms with Crippen LogP contribution >= 0.6 is 0 Å². The summed E-state index contributed by atoms with van der Waals surface area (Å²) in [4.78, 5) is 62.6. The number of esters is 3. The maximum Gasteiger partial charge on any atom is 0.361 e. The summed E-state index contributed by atoms with van der Waals surface area (Å²) in [5, 5.41) is 17.0. The van der Waals surface area contributed by atoms with E-state index in [2.05, 4.69) is 23.5 Å². The summed E-state index contributed by atoms with van der Waals surface area (Å²) in [5.41, 5.74) is -0.923. The number of sulfone groups is 1. The first-order valence-electron chi connectivity index (χ1n) is 12.3. The summed E-state index contributed by atoms with van der Waals surface area (Å²) < 4.78 is 41.4. The molecule has 3 atom stereocenters. The summed E-state index contributed by atoms with van der Waals surface area (Å²) >= 11 is 0. The van der Waals surface area contributed by atoms with Gasteiger partial charge in [0.25, 0.3) is 5.69 Å². The zero-order valence-electron chi connectivity index (χ0n) is 22.2. The van der Waals surface area contributed by atoms with Crippen LogP contribution < -0.4 is 0 Å². The van der Waals surface area contributed by atoms with E-state index in [0.29, 0.717) is 5.56 Å². The molecule has 3 heterocycles. The van der Waals surface area contributed by atoms with Gasteiger partial charge < -0.3 is 19.1 Å². The van der Waals surface area contributed by atoms with E-state index >= 15 is 0 Å². The fourth-order valence-corrected chi connectivity index (χ4v) is 7.03. The SMILES string of the molecule is C=CCOC(=O)c1nnn(C[C@@]2(C)[C@H](C(=O)OCc3ccc([N+](=O)[O-])cc3)N3C(=O)C[C@@H]3S2(=O)=O)c1C(=O)OCC=C. The lowest BCUT2D eigenvalue weighted by Gasteiger charge is -2.36. The number of hydrogen-bond acceptors (Lipinski definition) is 13. The van der Waals surface area contributed by atoms with Crippen LogP contribution in [0.4, 0.5) is 5.69 Å². The number of non-ortho nitro benzene ring substituents is 1. The number of rotatable bonds is 12. The van der Waals surface area contributed by atoms with Gasteiger partial charge in [0.15, 0.2) is 21.6 Å². The van der Waals surface area contributed by atoms with Crippen LogP contribution in [0, 0.1) is 10.1 Å². The number of carbonyl (C=O) groups excluding carboxylic acids is 4. The second-order valence-corrected chi connectivity index (χ2v) is 12.0. The van der Waals surface area contributed by atoms with Gasteiger partial charge in [0.05, 0.1) is 17.9 Å². The lowest BCUT2D eigenvalue weighted by atomic mass is 9.96. The minimum Gasteiger partial charge on any atom is -0.459 e. The van der Waals surface area contributed by atoms with E-state index in [4.69, 9.17) is 14.2 Å². The molecule has 0 aliphatic carbocycles. The van der Waals surface area contributed by atoms with Gasteiger partial charge in [-0.2, -0.15) is 0 Å². The molecule has 2 aliphatic rings. The van der Waals surface area contributed by atoms with E-state index in [9.17, 15) is 37.7 Å². The molecule has 42 heavy (non-hydrogen) atoms. The van der Waals surface area contributed by atoms with Gasteiger partial charge in [0, 0.05) is 12.1 Å². The van der Waals surface area contributed by atoms with Crippen LogP contribution in [0.2, 0.25) is 0 Å². The number of β-lactam (4-membered cyclic amide) rings is 1. The Morgan fingerprint density at radius 1 is 1.12 bits per heavy atom. The molecular weight excluding hydrogens is 578 g/mol. The molecule has 0 saturated carbocycles. The maximum atomic E-state index is 13.7. The molecule has 222 valence electrons. The van der Waals surface area contributed by atoms with E-state index in [-0.39, 0.29) is 31.9 Å². The van der Waals surface area contributed by atoms with E-state index in [1.165, 1.54) is 43.3 Å². The van der Waals surface area contributed by atoms with E-state index in [1.807, 2.05) is 0 Å². The maximum absolute atomic E-state index is 13.7. The Balaban J connectivity index is 1.69.